The molecule has 9 heteroatoms. The Morgan fingerprint density at radius 3 is 2.46 bits per heavy atom. The van der Waals surface area contributed by atoms with Crippen LogP contribution in [0.2, 0.25) is 0 Å². The lowest BCUT2D eigenvalue weighted by atomic mass is 11.1. The second kappa shape index (κ2) is 2.97. The zero-order chi connectivity index (χ0) is 9.10. The van der Waals surface area contributed by atoms with E-state index in [1.54, 1.807) is 0 Å². The van der Waals surface area contributed by atoms with E-state index in [1.807, 2.05) is 0 Å². The number of nitrogen functional groups attached to an aromatic ring is 1. The molecule has 2 N–H and O–H groups in total. The molecule has 0 spiro atoms. The second-order valence-electron chi connectivity index (χ2n) is 2.05. The number of nitrogens with two attached hydrogens (primary N) is 1. The molecule has 0 aliphatic rings. The van der Waals surface area contributed by atoms with Crippen LogP contribution in [0.25, 0.3) is 0 Å². The van der Waals surface area contributed by atoms with E-state index in [-0.39, 0.29) is 5.95 Å². The molecule has 2 aromatic heterocycles. The molecule has 66 valence electrons. The minimum Gasteiger partial charge on any atom is -0.366 e. The van der Waals surface area contributed by atoms with E-state index in [2.05, 4.69) is 30.8 Å². The summed E-state index contributed by atoms with van der Waals surface area (Å²) in [7, 11) is 0. The smallest absolute Gasteiger partial charge is 0.244 e. The standard InChI is InChI=1S/C4H5N9/c5-4-9-8-3-13(4)11-10-12-1-6-7-2-12/h1-3H,(H2,5,9)/b11-10+. The molecule has 0 bridgehead atoms. The van der Waals surface area contributed by atoms with Crippen molar-refractivity contribution in [1.29, 1.82) is 0 Å². The van der Waals surface area contributed by atoms with Crippen LogP contribution in [-0.2, 0) is 0 Å². The Balaban J connectivity index is 2.19. The molecule has 2 rings (SSSR count). The quantitative estimate of drug-likeness (QED) is 0.602. The van der Waals surface area contributed by atoms with Crippen LogP contribution in [0.1, 0.15) is 0 Å². The lowest BCUT2D eigenvalue weighted by Gasteiger charge is -1.90. The van der Waals surface area contributed by atoms with Gasteiger partial charge < -0.3 is 5.73 Å². The minimum absolute atomic E-state index is 0.164. The second-order valence-corrected chi connectivity index (χ2v) is 2.05. The topological polar surface area (TPSA) is 112 Å². The highest BCUT2D eigenvalue weighted by Crippen LogP contribution is 1.95. The van der Waals surface area contributed by atoms with Crippen molar-refractivity contribution < 1.29 is 0 Å². The van der Waals surface area contributed by atoms with Gasteiger partial charge in [0.1, 0.15) is 19.0 Å². The number of hydrogen-bond acceptors (Lipinski definition) is 7. The van der Waals surface area contributed by atoms with Crippen LogP contribution < -0.4 is 5.73 Å². The average molecular weight is 179 g/mol. The van der Waals surface area contributed by atoms with Crippen molar-refractivity contribution in [3.63, 3.8) is 0 Å². The van der Waals surface area contributed by atoms with Gasteiger partial charge in [-0.3, -0.25) is 0 Å². The third-order valence-corrected chi connectivity index (χ3v) is 1.20. The summed E-state index contributed by atoms with van der Waals surface area (Å²) in [5.74, 6) is 0.164. The van der Waals surface area contributed by atoms with E-state index in [0.717, 1.165) is 0 Å². The van der Waals surface area contributed by atoms with E-state index in [4.69, 9.17) is 5.73 Å². The van der Waals surface area contributed by atoms with Crippen molar-refractivity contribution in [2.24, 2.45) is 10.4 Å². The van der Waals surface area contributed by atoms with Gasteiger partial charge in [0.15, 0.2) is 0 Å². The molecule has 0 amide bonds. The zero-order valence-electron chi connectivity index (χ0n) is 6.39. The fourth-order valence-corrected chi connectivity index (χ4v) is 0.639. The van der Waals surface area contributed by atoms with E-state index in [9.17, 15) is 0 Å². The van der Waals surface area contributed by atoms with Crippen molar-refractivity contribution in [2.45, 2.75) is 0 Å². The van der Waals surface area contributed by atoms with Gasteiger partial charge in [0, 0.05) is 0 Å². The molecule has 0 aromatic carbocycles. The van der Waals surface area contributed by atoms with Crippen LogP contribution in [0.5, 0.6) is 0 Å². The molecule has 0 saturated heterocycles. The Hall–Kier alpha value is -2.32. The summed E-state index contributed by atoms with van der Waals surface area (Å²) in [5, 5.41) is 21.5. The maximum absolute atomic E-state index is 5.38. The highest BCUT2D eigenvalue weighted by atomic mass is 15.6. The fourth-order valence-electron chi connectivity index (χ4n) is 0.639. The van der Waals surface area contributed by atoms with Crippen LogP contribution >= 0.6 is 0 Å². The summed E-state index contributed by atoms with van der Waals surface area (Å²) in [6.07, 6.45) is 4.12. The van der Waals surface area contributed by atoms with Crippen LogP contribution in [0.3, 0.4) is 0 Å². The van der Waals surface area contributed by atoms with Crippen LogP contribution in [0.4, 0.5) is 5.95 Å². The molecule has 2 heterocycles. The molecule has 13 heavy (non-hydrogen) atoms. The summed E-state index contributed by atoms with van der Waals surface area (Å²) in [4.78, 5) is 0. The van der Waals surface area contributed by atoms with E-state index >= 15 is 0 Å². The molecule has 0 atom stereocenters. The lowest BCUT2D eigenvalue weighted by molar-refractivity contribution is 0.688. The number of hydrogen-bond donors (Lipinski definition) is 1. The third-order valence-electron chi connectivity index (χ3n) is 1.20. The summed E-state index contributed by atoms with van der Waals surface area (Å²) in [6, 6.07) is 0. The zero-order valence-corrected chi connectivity index (χ0v) is 6.39. The van der Waals surface area contributed by atoms with Gasteiger partial charge in [-0.25, -0.2) is 0 Å². The van der Waals surface area contributed by atoms with Gasteiger partial charge in [-0.1, -0.05) is 0 Å². The van der Waals surface area contributed by atoms with Gasteiger partial charge in [-0.15, -0.1) is 20.4 Å². The van der Waals surface area contributed by atoms with E-state index in [0.29, 0.717) is 0 Å². The van der Waals surface area contributed by atoms with Crippen molar-refractivity contribution >= 4 is 5.95 Å². The Labute approximate surface area is 71.9 Å². The first-order valence-corrected chi connectivity index (χ1v) is 3.29. The van der Waals surface area contributed by atoms with Gasteiger partial charge in [0.05, 0.1) is 0 Å². The molecule has 2 aromatic rings. The van der Waals surface area contributed by atoms with Crippen molar-refractivity contribution in [3.8, 4) is 0 Å². The van der Waals surface area contributed by atoms with Crippen molar-refractivity contribution in [2.75, 3.05) is 5.73 Å². The van der Waals surface area contributed by atoms with Crippen LogP contribution in [0.15, 0.2) is 29.4 Å². The number of aromatic nitrogens is 6. The minimum atomic E-state index is 0.164. The predicted octanol–water partition coefficient (Wildman–Crippen LogP) is -0.870. The van der Waals surface area contributed by atoms with Crippen LogP contribution in [-0.4, -0.2) is 29.7 Å². The summed E-state index contributed by atoms with van der Waals surface area (Å²) in [6.45, 7) is 0. The molecule has 0 radical (unpaired) electrons. The first-order valence-electron chi connectivity index (χ1n) is 3.29. The van der Waals surface area contributed by atoms with E-state index in [1.165, 1.54) is 28.3 Å². The van der Waals surface area contributed by atoms with Gasteiger partial charge in [-0.05, 0) is 10.4 Å². The summed E-state index contributed by atoms with van der Waals surface area (Å²) in [5.41, 5.74) is 5.38. The van der Waals surface area contributed by atoms with E-state index < -0.39 is 0 Å². The van der Waals surface area contributed by atoms with Gasteiger partial charge in [0.25, 0.3) is 0 Å². The van der Waals surface area contributed by atoms with Crippen molar-refractivity contribution in [3.05, 3.63) is 19.0 Å². The molecular weight excluding hydrogens is 174 g/mol. The Bertz CT molecular complexity index is 397. The Kier molecular flexibility index (Phi) is 1.67. The molecule has 0 aliphatic heterocycles. The monoisotopic (exact) mass is 179 g/mol. The molecule has 0 aliphatic carbocycles. The van der Waals surface area contributed by atoms with Gasteiger partial charge in [0.2, 0.25) is 5.95 Å². The van der Waals surface area contributed by atoms with Gasteiger partial charge >= 0.3 is 0 Å². The first-order chi connectivity index (χ1) is 6.36. The maximum Gasteiger partial charge on any atom is 0.244 e. The summed E-state index contributed by atoms with van der Waals surface area (Å²) < 4.78 is 2.54. The van der Waals surface area contributed by atoms with Gasteiger partial charge in [-0.2, -0.15) is 9.35 Å². The number of nitrogens with zero attached hydrogens (tertiary/aromatic N) is 8. The lowest BCUT2D eigenvalue weighted by Crippen LogP contribution is -1.96. The number of rotatable bonds is 2. The predicted molar refractivity (Wildman–Crippen MR) is 40.1 cm³/mol. The highest BCUT2D eigenvalue weighted by molar-refractivity contribution is 5.11. The molecular formula is C4H5N9. The van der Waals surface area contributed by atoms with Crippen molar-refractivity contribution in [1.82, 2.24) is 29.7 Å². The Morgan fingerprint density at radius 2 is 1.85 bits per heavy atom. The normalized spacial score (nSPS) is 11.1. The Morgan fingerprint density at radius 1 is 1.08 bits per heavy atom. The first kappa shape index (κ1) is 7.34. The highest BCUT2D eigenvalue weighted by Gasteiger charge is 1.94. The molecule has 0 saturated carbocycles. The summed E-state index contributed by atoms with van der Waals surface area (Å²) >= 11 is 0. The third kappa shape index (κ3) is 1.47. The van der Waals surface area contributed by atoms with Crippen LogP contribution in [0, 0.1) is 0 Å². The molecule has 0 unspecified atom stereocenters. The average Bonchev–Trinajstić information content (AvgIpc) is 2.72. The molecule has 0 fully saturated rings. The molecule has 9 nitrogen and oxygen atoms in total. The largest absolute Gasteiger partial charge is 0.366 e. The number of anilines is 1. The fraction of sp³-hybridized carbons (Fsp3) is 0. The SMILES string of the molecule is Nc1nncn1/N=N/n1cnnc1. The maximum atomic E-state index is 5.38.